The van der Waals surface area contributed by atoms with Crippen LogP contribution in [-0.4, -0.2) is 68.1 Å². The molecule has 5 rings (SSSR count). The highest BCUT2D eigenvalue weighted by molar-refractivity contribution is 7.15. The molecule has 14 nitrogen and oxygen atoms in total. The van der Waals surface area contributed by atoms with Crippen LogP contribution < -0.4 is 20.4 Å². The largest absolute Gasteiger partial charge is 0.314 e. The molecule has 4 aromatic rings. The van der Waals surface area contributed by atoms with E-state index >= 15 is 0 Å². The molecule has 16 heteroatoms. The predicted molar refractivity (Wildman–Crippen MR) is 175 cm³/mol. The minimum absolute atomic E-state index is 0.0713. The van der Waals surface area contributed by atoms with Crippen LogP contribution in [0.15, 0.2) is 36.7 Å². The van der Waals surface area contributed by atoms with Gasteiger partial charge in [-0.25, -0.2) is 0 Å². The SMILES string of the molecule is CC(=O)N(C)c1ccc(CC(=O)Nc2nnc([C@H]3CCC[C@H](c4nnc(NC(=O)Cc5ccc(N(C)C(C)=O)cn5)s4)C3)s2)nc1. The van der Waals surface area contributed by atoms with Gasteiger partial charge in [0.05, 0.1) is 36.6 Å². The molecule has 0 aromatic carbocycles. The first-order chi connectivity index (χ1) is 22.0. The lowest BCUT2D eigenvalue weighted by Crippen LogP contribution is -2.23. The van der Waals surface area contributed by atoms with E-state index in [1.807, 2.05) is 0 Å². The first kappa shape index (κ1) is 32.7. The molecule has 2 atom stereocenters. The third-order valence-corrected chi connectivity index (χ3v) is 9.77. The van der Waals surface area contributed by atoms with Gasteiger partial charge in [0.15, 0.2) is 0 Å². The lowest BCUT2D eigenvalue weighted by atomic mass is 9.82. The Kier molecular flexibility index (Phi) is 10.4. The van der Waals surface area contributed by atoms with Gasteiger partial charge in [-0.2, -0.15) is 0 Å². The molecule has 240 valence electrons. The molecule has 0 unspecified atom stereocenters. The van der Waals surface area contributed by atoms with Crippen LogP contribution in [-0.2, 0) is 32.0 Å². The zero-order chi connectivity index (χ0) is 32.8. The summed E-state index contributed by atoms with van der Waals surface area (Å²) in [5.74, 6) is -0.355. The topological polar surface area (TPSA) is 176 Å². The zero-order valence-electron chi connectivity index (χ0n) is 25.9. The molecule has 0 bridgehead atoms. The highest BCUT2D eigenvalue weighted by atomic mass is 32.1. The van der Waals surface area contributed by atoms with Crippen LogP contribution >= 0.6 is 22.7 Å². The van der Waals surface area contributed by atoms with Gasteiger partial charge < -0.3 is 20.4 Å². The Morgan fingerprint density at radius 2 is 1.15 bits per heavy atom. The second kappa shape index (κ2) is 14.6. The van der Waals surface area contributed by atoms with Crippen LogP contribution in [0, 0.1) is 0 Å². The molecule has 4 amide bonds. The Morgan fingerprint density at radius 1 is 0.717 bits per heavy atom. The molecule has 1 aliphatic rings. The number of carbonyl (C=O) groups excluding carboxylic acids is 4. The Hall–Kier alpha value is -4.70. The number of aromatic nitrogens is 6. The maximum absolute atomic E-state index is 12.6. The van der Waals surface area contributed by atoms with E-state index in [1.165, 1.54) is 46.3 Å². The van der Waals surface area contributed by atoms with Gasteiger partial charge in [-0.15, -0.1) is 20.4 Å². The van der Waals surface area contributed by atoms with Gasteiger partial charge in [0.2, 0.25) is 33.9 Å². The zero-order valence-corrected chi connectivity index (χ0v) is 27.5. The minimum atomic E-state index is -0.249. The molecule has 0 spiro atoms. The van der Waals surface area contributed by atoms with Crippen molar-refractivity contribution in [1.82, 2.24) is 30.4 Å². The van der Waals surface area contributed by atoms with E-state index in [0.717, 1.165) is 35.7 Å². The predicted octanol–water partition coefficient (Wildman–Crippen LogP) is 3.95. The van der Waals surface area contributed by atoms with Gasteiger partial charge in [0.1, 0.15) is 10.0 Å². The smallest absolute Gasteiger partial charge is 0.232 e. The van der Waals surface area contributed by atoms with Crippen molar-refractivity contribution >= 4 is 67.9 Å². The van der Waals surface area contributed by atoms with Crippen LogP contribution in [0.25, 0.3) is 0 Å². The fourth-order valence-electron chi connectivity index (χ4n) is 5.00. The second-order valence-corrected chi connectivity index (χ2v) is 13.1. The molecule has 1 aliphatic carbocycles. The maximum atomic E-state index is 12.6. The average Bonchev–Trinajstić information content (AvgIpc) is 3.71. The Bertz CT molecular complexity index is 1580. The number of amides is 4. The van der Waals surface area contributed by atoms with Crippen molar-refractivity contribution in [3.05, 3.63) is 58.1 Å². The number of carbonyl (C=O) groups is 4. The van der Waals surface area contributed by atoms with Gasteiger partial charge in [0.25, 0.3) is 0 Å². The summed E-state index contributed by atoms with van der Waals surface area (Å²) in [6.45, 7) is 2.95. The number of hydrogen-bond donors (Lipinski definition) is 2. The van der Waals surface area contributed by atoms with E-state index in [1.54, 1.807) is 50.8 Å². The fourth-order valence-corrected chi connectivity index (χ4v) is 6.81. The number of pyridine rings is 2. The first-order valence-corrected chi connectivity index (χ1v) is 16.3. The lowest BCUT2D eigenvalue weighted by Gasteiger charge is -2.25. The van der Waals surface area contributed by atoms with Crippen LogP contribution in [0.5, 0.6) is 0 Å². The summed E-state index contributed by atoms with van der Waals surface area (Å²) in [5.41, 5.74) is 2.47. The molecule has 1 fully saturated rings. The van der Waals surface area contributed by atoms with E-state index in [0.29, 0.717) is 33.0 Å². The van der Waals surface area contributed by atoms with Crippen molar-refractivity contribution in [2.75, 3.05) is 34.5 Å². The molecule has 4 aromatic heterocycles. The van der Waals surface area contributed by atoms with E-state index < -0.39 is 0 Å². The summed E-state index contributed by atoms with van der Waals surface area (Å²) >= 11 is 2.74. The monoisotopic (exact) mass is 662 g/mol. The summed E-state index contributed by atoms with van der Waals surface area (Å²) in [5, 5.41) is 25.4. The number of nitrogens with one attached hydrogen (secondary N) is 2. The van der Waals surface area contributed by atoms with Crippen molar-refractivity contribution < 1.29 is 19.2 Å². The van der Waals surface area contributed by atoms with Gasteiger partial charge in [-0.3, -0.25) is 29.1 Å². The number of anilines is 4. The number of rotatable bonds is 10. The van der Waals surface area contributed by atoms with E-state index in [-0.39, 0.29) is 48.3 Å². The van der Waals surface area contributed by atoms with Crippen molar-refractivity contribution in [3.63, 3.8) is 0 Å². The highest BCUT2D eigenvalue weighted by Gasteiger charge is 2.29. The standard InChI is InChI=1S/C30H34N10O4S2/c1-17(41)39(3)23-10-8-21(31-15-23)13-25(43)33-29-37-35-27(45-29)19-6-5-7-20(12-19)28-36-38-30(46-28)34-26(44)14-22-9-11-24(16-32-22)40(4)18(2)42/h8-11,15-16,19-20H,5-7,12-14H2,1-4H3,(H,33,37,43)(H,34,38,44)/t19-,20-/m0/s1. The Balaban J connectivity index is 1.11. The summed E-state index contributed by atoms with van der Waals surface area (Å²) in [6, 6.07) is 6.95. The van der Waals surface area contributed by atoms with E-state index in [9.17, 15) is 19.2 Å². The first-order valence-electron chi connectivity index (χ1n) is 14.7. The van der Waals surface area contributed by atoms with Gasteiger partial charge >= 0.3 is 0 Å². The third kappa shape index (κ3) is 8.31. The molecule has 0 radical (unpaired) electrons. The summed E-state index contributed by atoms with van der Waals surface area (Å²) in [4.78, 5) is 59.9. The molecular weight excluding hydrogens is 629 g/mol. The maximum Gasteiger partial charge on any atom is 0.232 e. The van der Waals surface area contributed by atoms with Gasteiger partial charge in [-0.1, -0.05) is 29.1 Å². The normalized spacial score (nSPS) is 16.0. The quantitative estimate of drug-likeness (QED) is 0.253. The molecule has 0 aliphatic heterocycles. The minimum Gasteiger partial charge on any atom is -0.314 e. The highest BCUT2D eigenvalue weighted by Crippen LogP contribution is 2.43. The fraction of sp³-hybridized carbons (Fsp3) is 0.400. The summed E-state index contributed by atoms with van der Waals surface area (Å²) in [6.07, 6.45) is 7.00. The third-order valence-electron chi connectivity index (χ3n) is 7.77. The molecule has 4 heterocycles. The van der Waals surface area contributed by atoms with Crippen LogP contribution in [0.1, 0.15) is 72.8 Å². The van der Waals surface area contributed by atoms with Crippen molar-refractivity contribution in [2.45, 2.75) is 64.2 Å². The van der Waals surface area contributed by atoms with Crippen molar-refractivity contribution in [2.24, 2.45) is 0 Å². The molecule has 1 saturated carbocycles. The average molecular weight is 663 g/mol. The number of nitrogens with zero attached hydrogens (tertiary/aromatic N) is 8. The Labute approximate surface area is 273 Å². The van der Waals surface area contributed by atoms with Crippen LogP contribution in [0.2, 0.25) is 0 Å². The van der Waals surface area contributed by atoms with Crippen molar-refractivity contribution in [1.29, 1.82) is 0 Å². The lowest BCUT2D eigenvalue weighted by molar-refractivity contribution is -0.117. The van der Waals surface area contributed by atoms with E-state index in [4.69, 9.17) is 0 Å². The summed E-state index contributed by atoms with van der Waals surface area (Å²) in [7, 11) is 3.33. The summed E-state index contributed by atoms with van der Waals surface area (Å²) < 4.78 is 0. The van der Waals surface area contributed by atoms with Gasteiger partial charge in [-0.05, 0) is 43.5 Å². The second-order valence-electron chi connectivity index (χ2n) is 11.1. The van der Waals surface area contributed by atoms with Gasteiger partial charge in [0, 0.05) is 51.2 Å². The molecular formula is C30H34N10O4S2. The molecule has 46 heavy (non-hydrogen) atoms. The van der Waals surface area contributed by atoms with Crippen molar-refractivity contribution in [3.8, 4) is 0 Å². The van der Waals surface area contributed by atoms with Crippen LogP contribution in [0.4, 0.5) is 21.6 Å². The molecule has 0 saturated heterocycles. The molecule has 2 N–H and O–H groups in total. The Morgan fingerprint density at radius 3 is 1.52 bits per heavy atom. The van der Waals surface area contributed by atoms with E-state index in [2.05, 4.69) is 41.0 Å². The van der Waals surface area contributed by atoms with Crippen LogP contribution in [0.3, 0.4) is 0 Å². The number of hydrogen-bond acceptors (Lipinski definition) is 12.